The number of nitrogens with zero attached hydrogens (tertiary/aromatic N) is 1. The van der Waals surface area contributed by atoms with Crippen molar-refractivity contribution in [2.75, 3.05) is 27.7 Å². The Morgan fingerprint density at radius 2 is 1.50 bits per heavy atom. The van der Waals surface area contributed by atoms with Gasteiger partial charge in [0.2, 0.25) is 5.91 Å². The molecule has 0 spiro atoms. The molecule has 2 aromatic rings. The number of rotatable bonds is 8. The number of likely N-dealkylation sites (N-methyl/N-ethyl adjacent to an activating group) is 1. The number of carbonyl (C=O) groups is 3. The molecule has 0 aliphatic heterocycles. The van der Waals surface area contributed by atoms with Crippen LogP contribution in [0.2, 0.25) is 0 Å². The highest BCUT2D eigenvalue weighted by Gasteiger charge is 2.09. The molecule has 0 aromatic heterocycles. The quantitative estimate of drug-likeness (QED) is 0.676. The average molecular weight is 383 g/mol. The second kappa shape index (κ2) is 10.2. The summed E-state index contributed by atoms with van der Waals surface area (Å²) in [5.41, 5.74) is 2.99. The van der Waals surface area contributed by atoms with E-state index in [1.807, 2.05) is 24.1 Å². The van der Waals surface area contributed by atoms with Crippen molar-refractivity contribution in [3.05, 3.63) is 70.8 Å². The van der Waals surface area contributed by atoms with Crippen LogP contribution >= 0.6 is 0 Å². The topological polar surface area (TPSA) is 87.7 Å². The summed E-state index contributed by atoms with van der Waals surface area (Å²) < 4.78 is 4.66. The predicted octanol–water partition coefficient (Wildman–Crippen LogP) is 1.58. The smallest absolute Gasteiger partial charge is 0.337 e. The zero-order valence-corrected chi connectivity index (χ0v) is 16.3. The lowest BCUT2D eigenvalue weighted by atomic mass is 10.1. The summed E-state index contributed by atoms with van der Waals surface area (Å²) in [7, 11) is 4.79. The van der Waals surface area contributed by atoms with E-state index in [2.05, 4.69) is 15.4 Å². The number of amides is 2. The molecular formula is C21H25N3O4. The maximum atomic E-state index is 12.1. The number of hydrogen-bond donors (Lipinski definition) is 2. The Labute approximate surface area is 164 Å². The van der Waals surface area contributed by atoms with Gasteiger partial charge >= 0.3 is 5.97 Å². The number of methoxy groups -OCH3 is 1. The summed E-state index contributed by atoms with van der Waals surface area (Å²) in [5, 5.41) is 5.44. The van der Waals surface area contributed by atoms with Crippen LogP contribution < -0.4 is 10.6 Å². The predicted molar refractivity (Wildman–Crippen MR) is 106 cm³/mol. The molecule has 2 N–H and O–H groups in total. The van der Waals surface area contributed by atoms with Crippen molar-refractivity contribution in [2.45, 2.75) is 13.1 Å². The number of ether oxygens (including phenoxy) is 1. The van der Waals surface area contributed by atoms with Gasteiger partial charge in [-0.05, 0) is 42.4 Å². The van der Waals surface area contributed by atoms with Gasteiger partial charge in [-0.3, -0.25) is 14.5 Å². The zero-order chi connectivity index (χ0) is 20.5. The number of hydrogen-bond acceptors (Lipinski definition) is 5. The zero-order valence-electron chi connectivity index (χ0n) is 16.3. The van der Waals surface area contributed by atoms with Crippen LogP contribution in [0.5, 0.6) is 0 Å². The van der Waals surface area contributed by atoms with E-state index < -0.39 is 0 Å². The first-order chi connectivity index (χ1) is 13.4. The SMILES string of the molecule is CNC(=O)c1ccc(CN(C)CC(=O)NCc2ccc(C(=O)OC)cc2)cc1. The monoisotopic (exact) mass is 383 g/mol. The van der Waals surface area contributed by atoms with E-state index in [9.17, 15) is 14.4 Å². The minimum absolute atomic E-state index is 0.0958. The van der Waals surface area contributed by atoms with Crippen molar-refractivity contribution in [3.63, 3.8) is 0 Å². The number of esters is 1. The number of benzene rings is 2. The van der Waals surface area contributed by atoms with Gasteiger partial charge in [0, 0.05) is 25.7 Å². The summed E-state index contributed by atoms with van der Waals surface area (Å²) >= 11 is 0. The van der Waals surface area contributed by atoms with Gasteiger partial charge in [0.1, 0.15) is 0 Å². The molecule has 148 valence electrons. The Bertz CT molecular complexity index is 817. The van der Waals surface area contributed by atoms with Crippen LogP contribution in [-0.4, -0.2) is 50.4 Å². The van der Waals surface area contributed by atoms with Crippen molar-refractivity contribution in [3.8, 4) is 0 Å². The molecule has 0 heterocycles. The van der Waals surface area contributed by atoms with E-state index >= 15 is 0 Å². The van der Waals surface area contributed by atoms with E-state index in [-0.39, 0.29) is 24.3 Å². The summed E-state index contributed by atoms with van der Waals surface area (Å²) in [6.07, 6.45) is 0. The molecule has 2 rings (SSSR count). The molecule has 0 aliphatic carbocycles. The first kappa shape index (κ1) is 21.1. The van der Waals surface area contributed by atoms with Gasteiger partial charge in [-0.2, -0.15) is 0 Å². The Kier molecular flexibility index (Phi) is 7.71. The lowest BCUT2D eigenvalue weighted by Gasteiger charge is -2.16. The maximum Gasteiger partial charge on any atom is 0.337 e. The highest BCUT2D eigenvalue weighted by atomic mass is 16.5. The van der Waals surface area contributed by atoms with E-state index in [0.29, 0.717) is 24.2 Å². The van der Waals surface area contributed by atoms with Gasteiger partial charge in [-0.25, -0.2) is 4.79 Å². The summed E-state index contributed by atoms with van der Waals surface area (Å²) in [6, 6.07) is 14.2. The lowest BCUT2D eigenvalue weighted by molar-refractivity contribution is -0.122. The van der Waals surface area contributed by atoms with Crippen LogP contribution in [0.3, 0.4) is 0 Å². The molecule has 0 radical (unpaired) electrons. The Balaban J connectivity index is 1.79. The highest BCUT2D eigenvalue weighted by molar-refractivity contribution is 5.94. The van der Waals surface area contributed by atoms with Crippen molar-refractivity contribution in [1.82, 2.24) is 15.5 Å². The first-order valence-corrected chi connectivity index (χ1v) is 8.86. The van der Waals surface area contributed by atoms with Gasteiger partial charge < -0.3 is 15.4 Å². The van der Waals surface area contributed by atoms with Crippen LogP contribution in [0.1, 0.15) is 31.8 Å². The van der Waals surface area contributed by atoms with E-state index in [4.69, 9.17) is 0 Å². The van der Waals surface area contributed by atoms with Crippen molar-refractivity contribution >= 4 is 17.8 Å². The van der Waals surface area contributed by atoms with Gasteiger partial charge in [0.15, 0.2) is 0 Å². The Hall–Kier alpha value is -3.19. The summed E-state index contributed by atoms with van der Waals surface area (Å²) in [5.74, 6) is -0.610. The molecule has 7 nitrogen and oxygen atoms in total. The van der Waals surface area contributed by atoms with Crippen LogP contribution in [0.25, 0.3) is 0 Å². The third kappa shape index (κ3) is 6.21. The number of carbonyl (C=O) groups excluding carboxylic acids is 3. The molecule has 0 bridgehead atoms. The number of nitrogens with one attached hydrogen (secondary N) is 2. The molecule has 0 aliphatic rings. The molecule has 0 saturated carbocycles. The summed E-state index contributed by atoms with van der Waals surface area (Å²) in [6.45, 7) is 1.22. The fraction of sp³-hybridized carbons (Fsp3) is 0.286. The molecular weight excluding hydrogens is 358 g/mol. The van der Waals surface area contributed by atoms with E-state index in [0.717, 1.165) is 11.1 Å². The van der Waals surface area contributed by atoms with E-state index in [1.54, 1.807) is 43.4 Å². The van der Waals surface area contributed by atoms with Gasteiger partial charge in [0.25, 0.3) is 5.91 Å². The average Bonchev–Trinajstić information content (AvgIpc) is 2.72. The molecule has 7 heteroatoms. The van der Waals surface area contributed by atoms with Crippen molar-refractivity contribution in [2.24, 2.45) is 0 Å². The molecule has 0 atom stereocenters. The van der Waals surface area contributed by atoms with E-state index in [1.165, 1.54) is 7.11 Å². The van der Waals surface area contributed by atoms with Gasteiger partial charge in [-0.15, -0.1) is 0 Å². The second-order valence-electron chi connectivity index (χ2n) is 6.41. The van der Waals surface area contributed by atoms with Gasteiger partial charge in [-0.1, -0.05) is 24.3 Å². The normalized spacial score (nSPS) is 10.4. The molecule has 2 aromatic carbocycles. The van der Waals surface area contributed by atoms with Crippen LogP contribution in [-0.2, 0) is 22.6 Å². The highest BCUT2D eigenvalue weighted by Crippen LogP contribution is 2.08. The largest absolute Gasteiger partial charge is 0.465 e. The van der Waals surface area contributed by atoms with Crippen molar-refractivity contribution < 1.29 is 19.1 Å². The summed E-state index contributed by atoms with van der Waals surface area (Å²) in [4.78, 5) is 37.0. The van der Waals surface area contributed by atoms with Crippen molar-refractivity contribution in [1.29, 1.82) is 0 Å². The standard InChI is InChI=1S/C21H25N3O4/c1-22-20(26)17-8-6-16(7-9-17)13-24(2)14-19(25)23-12-15-4-10-18(11-5-15)21(27)28-3/h4-11H,12-14H2,1-3H3,(H,22,26)(H,23,25). The Morgan fingerprint density at radius 1 is 0.929 bits per heavy atom. The minimum Gasteiger partial charge on any atom is -0.465 e. The lowest BCUT2D eigenvalue weighted by Crippen LogP contribution is -2.34. The third-order valence-electron chi connectivity index (χ3n) is 4.17. The first-order valence-electron chi connectivity index (χ1n) is 8.86. The second-order valence-corrected chi connectivity index (χ2v) is 6.41. The Morgan fingerprint density at radius 3 is 2.07 bits per heavy atom. The fourth-order valence-corrected chi connectivity index (χ4v) is 2.65. The van der Waals surface area contributed by atoms with Crippen LogP contribution in [0, 0.1) is 0 Å². The van der Waals surface area contributed by atoms with Gasteiger partial charge in [0.05, 0.1) is 19.2 Å². The fourth-order valence-electron chi connectivity index (χ4n) is 2.65. The molecule has 0 fully saturated rings. The van der Waals surface area contributed by atoms with Crippen LogP contribution in [0.15, 0.2) is 48.5 Å². The molecule has 2 amide bonds. The van der Waals surface area contributed by atoms with Crippen LogP contribution in [0.4, 0.5) is 0 Å². The minimum atomic E-state index is -0.388. The molecule has 0 saturated heterocycles. The molecule has 0 unspecified atom stereocenters. The molecule has 28 heavy (non-hydrogen) atoms. The maximum absolute atomic E-state index is 12.1. The third-order valence-corrected chi connectivity index (χ3v) is 4.17.